The standard InChI is InChI=1S/C20H24N8O2/c1-14-16-17(23-13-24-18(16)30-25-14)28-7-2-4-15(12-28)19(29)26-8-10-27(11-9-26)20-21-5-3-6-22-20/h3,5-6,13,15H,2,4,7-12H2,1H3/t15-/m1/s1. The Kier molecular flexibility index (Phi) is 4.89. The highest BCUT2D eigenvalue weighted by Crippen LogP contribution is 2.30. The molecule has 30 heavy (non-hydrogen) atoms. The van der Waals surface area contributed by atoms with E-state index < -0.39 is 0 Å². The van der Waals surface area contributed by atoms with Gasteiger partial charge in [-0.3, -0.25) is 4.79 Å². The second kappa shape index (κ2) is 7.85. The molecule has 2 aliphatic rings. The molecule has 5 rings (SSSR count). The smallest absolute Gasteiger partial charge is 0.263 e. The number of aromatic nitrogens is 5. The van der Waals surface area contributed by atoms with Gasteiger partial charge in [0.05, 0.1) is 11.6 Å². The first-order chi connectivity index (χ1) is 14.7. The number of piperazine rings is 1. The summed E-state index contributed by atoms with van der Waals surface area (Å²) in [5.41, 5.74) is 1.26. The Hall–Kier alpha value is -3.30. The van der Waals surface area contributed by atoms with Gasteiger partial charge in [-0.25, -0.2) is 15.0 Å². The maximum atomic E-state index is 13.2. The summed E-state index contributed by atoms with van der Waals surface area (Å²) < 4.78 is 5.28. The van der Waals surface area contributed by atoms with E-state index in [9.17, 15) is 4.79 Å². The van der Waals surface area contributed by atoms with E-state index in [4.69, 9.17) is 4.52 Å². The Morgan fingerprint density at radius 1 is 1.03 bits per heavy atom. The van der Waals surface area contributed by atoms with Gasteiger partial charge >= 0.3 is 0 Å². The summed E-state index contributed by atoms with van der Waals surface area (Å²) >= 11 is 0. The quantitative estimate of drug-likeness (QED) is 0.634. The van der Waals surface area contributed by atoms with Gasteiger partial charge in [-0.15, -0.1) is 0 Å². The van der Waals surface area contributed by atoms with Crippen LogP contribution in [0.1, 0.15) is 18.5 Å². The molecule has 0 spiro atoms. The third kappa shape index (κ3) is 3.42. The van der Waals surface area contributed by atoms with Crippen molar-refractivity contribution in [1.82, 2.24) is 30.0 Å². The van der Waals surface area contributed by atoms with Gasteiger partial charge in [0, 0.05) is 51.7 Å². The van der Waals surface area contributed by atoms with Crippen molar-refractivity contribution in [1.29, 1.82) is 0 Å². The first-order valence-corrected chi connectivity index (χ1v) is 10.3. The van der Waals surface area contributed by atoms with Gasteiger partial charge in [0.1, 0.15) is 17.5 Å². The van der Waals surface area contributed by atoms with Crippen LogP contribution in [-0.2, 0) is 4.79 Å². The van der Waals surface area contributed by atoms with Crippen LogP contribution in [0.2, 0.25) is 0 Å². The fourth-order valence-corrected chi connectivity index (χ4v) is 4.35. The third-order valence-corrected chi connectivity index (χ3v) is 5.92. The number of aryl methyl sites for hydroxylation is 1. The molecule has 3 aromatic heterocycles. The topological polar surface area (TPSA) is 104 Å². The summed E-state index contributed by atoms with van der Waals surface area (Å²) in [5, 5.41) is 4.85. The van der Waals surface area contributed by atoms with E-state index in [0.29, 0.717) is 25.3 Å². The van der Waals surface area contributed by atoms with Crippen molar-refractivity contribution >= 4 is 28.8 Å². The summed E-state index contributed by atoms with van der Waals surface area (Å²) in [5.74, 6) is 1.72. The van der Waals surface area contributed by atoms with Crippen LogP contribution in [0.5, 0.6) is 0 Å². The van der Waals surface area contributed by atoms with Crippen molar-refractivity contribution in [3.8, 4) is 0 Å². The minimum Gasteiger partial charge on any atom is -0.355 e. The number of fused-ring (bicyclic) bond motifs is 1. The van der Waals surface area contributed by atoms with Crippen LogP contribution in [-0.4, -0.2) is 75.2 Å². The molecule has 5 heterocycles. The summed E-state index contributed by atoms with van der Waals surface area (Å²) in [6, 6.07) is 1.81. The fourth-order valence-electron chi connectivity index (χ4n) is 4.35. The monoisotopic (exact) mass is 408 g/mol. The molecule has 0 aliphatic carbocycles. The van der Waals surface area contributed by atoms with Crippen molar-refractivity contribution in [2.75, 3.05) is 49.1 Å². The predicted octanol–water partition coefficient (Wildman–Crippen LogP) is 1.28. The van der Waals surface area contributed by atoms with Gasteiger partial charge in [0.25, 0.3) is 5.71 Å². The molecule has 0 aromatic carbocycles. The number of hydrogen-bond donors (Lipinski definition) is 0. The number of hydrogen-bond acceptors (Lipinski definition) is 9. The molecule has 0 bridgehead atoms. The highest BCUT2D eigenvalue weighted by molar-refractivity contribution is 5.88. The van der Waals surface area contributed by atoms with Gasteiger partial charge < -0.3 is 19.2 Å². The molecule has 10 heteroatoms. The van der Waals surface area contributed by atoms with Gasteiger partial charge in [0.15, 0.2) is 0 Å². The molecular formula is C20H24N8O2. The molecule has 0 radical (unpaired) electrons. The van der Waals surface area contributed by atoms with E-state index in [1.807, 2.05) is 17.9 Å². The van der Waals surface area contributed by atoms with E-state index >= 15 is 0 Å². The molecule has 2 fully saturated rings. The van der Waals surface area contributed by atoms with Crippen molar-refractivity contribution in [2.24, 2.45) is 5.92 Å². The Labute approximate surface area is 173 Å². The number of rotatable bonds is 3. The first-order valence-electron chi connectivity index (χ1n) is 10.3. The molecule has 2 saturated heterocycles. The molecule has 2 aliphatic heterocycles. The van der Waals surface area contributed by atoms with E-state index in [1.54, 1.807) is 12.4 Å². The second-order valence-electron chi connectivity index (χ2n) is 7.79. The lowest BCUT2D eigenvalue weighted by Crippen LogP contribution is -2.53. The van der Waals surface area contributed by atoms with Gasteiger partial charge in [-0.2, -0.15) is 4.98 Å². The second-order valence-corrected chi connectivity index (χ2v) is 7.79. The fraction of sp³-hybridized carbons (Fsp3) is 0.500. The molecule has 0 N–H and O–H groups in total. The van der Waals surface area contributed by atoms with E-state index in [0.717, 1.165) is 55.3 Å². The Bertz CT molecular complexity index is 1030. The van der Waals surface area contributed by atoms with Crippen molar-refractivity contribution in [3.63, 3.8) is 0 Å². The van der Waals surface area contributed by atoms with Crippen LogP contribution < -0.4 is 9.80 Å². The van der Waals surface area contributed by atoms with Crippen LogP contribution in [0.25, 0.3) is 11.1 Å². The lowest BCUT2D eigenvalue weighted by Gasteiger charge is -2.39. The zero-order valence-electron chi connectivity index (χ0n) is 16.9. The lowest BCUT2D eigenvalue weighted by molar-refractivity contribution is -0.136. The zero-order valence-corrected chi connectivity index (χ0v) is 16.9. The molecule has 1 amide bonds. The highest BCUT2D eigenvalue weighted by atomic mass is 16.5. The highest BCUT2D eigenvalue weighted by Gasteiger charge is 2.32. The average molecular weight is 408 g/mol. The number of amides is 1. The molecule has 0 unspecified atom stereocenters. The molecule has 156 valence electrons. The summed E-state index contributed by atoms with van der Waals surface area (Å²) in [6.45, 7) is 6.28. The maximum absolute atomic E-state index is 13.2. The van der Waals surface area contributed by atoms with Gasteiger partial charge in [-0.1, -0.05) is 5.16 Å². The van der Waals surface area contributed by atoms with Crippen LogP contribution in [0.4, 0.5) is 11.8 Å². The van der Waals surface area contributed by atoms with Crippen LogP contribution in [0, 0.1) is 12.8 Å². The largest absolute Gasteiger partial charge is 0.355 e. The lowest BCUT2D eigenvalue weighted by atomic mass is 9.96. The summed E-state index contributed by atoms with van der Waals surface area (Å²) in [4.78, 5) is 36.8. The Balaban J connectivity index is 1.26. The van der Waals surface area contributed by atoms with Crippen LogP contribution in [0.3, 0.4) is 0 Å². The molecule has 0 saturated carbocycles. The zero-order chi connectivity index (χ0) is 20.5. The SMILES string of the molecule is Cc1noc2ncnc(N3CCC[C@@H](C(=O)N4CCN(c5ncccn5)CC4)C3)c12. The van der Waals surface area contributed by atoms with E-state index in [2.05, 4.69) is 34.9 Å². The maximum Gasteiger partial charge on any atom is 0.263 e. The van der Waals surface area contributed by atoms with Crippen LogP contribution >= 0.6 is 0 Å². The number of carbonyl (C=O) groups is 1. The summed E-state index contributed by atoms with van der Waals surface area (Å²) in [7, 11) is 0. The normalized spacial score (nSPS) is 20.0. The van der Waals surface area contributed by atoms with Crippen molar-refractivity contribution in [3.05, 3.63) is 30.5 Å². The van der Waals surface area contributed by atoms with Gasteiger partial charge in [-0.05, 0) is 25.8 Å². The Morgan fingerprint density at radius 2 is 1.83 bits per heavy atom. The molecular weight excluding hydrogens is 384 g/mol. The molecule has 3 aromatic rings. The van der Waals surface area contributed by atoms with Crippen molar-refractivity contribution < 1.29 is 9.32 Å². The summed E-state index contributed by atoms with van der Waals surface area (Å²) in [6.07, 6.45) is 6.84. The number of carbonyl (C=O) groups excluding carboxylic acids is 1. The number of nitrogens with zero attached hydrogens (tertiary/aromatic N) is 8. The number of piperidine rings is 1. The first kappa shape index (κ1) is 18.7. The minimum atomic E-state index is -0.0385. The number of anilines is 2. The van der Waals surface area contributed by atoms with Gasteiger partial charge in [0.2, 0.25) is 11.9 Å². The van der Waals surface area contributed by atoms with Crippen molar-refractivity contribution in [2.45, 2.75) is 19.8 Å². The van der Waals surface area contributed by atoms with E-state index in [-0.39, 0.29) is 11.8 Å². The molecule has 10 nitrogen and oxygen atoms in total. The predicted molar refractivity (Wildman–Crippen MR) is 110 cm³/mol. The average Bonchev–Trinajstić information content (AvgIpc) is 3.20. The Morgan fingerprint density at radius 3 is 2.63 bits per heavy atom. The van der Waals surface area contributed by atoms with Crippen LogP contribution in [0.15, 0.2) is 29.3 Å². The van der Waals surface area contributed by atoms with E-state index in [1.165, 1.54) is 6.33 Å². The third-order valence-electron chi connectivity index (χ3n) is 5.92. The minimum absolute atomic E-state index is 0.0385. The molecule has 1 atom stereocenters.